The van der Waals surface area contributed by atoms with E-state index in [0.717, 1.165) is 0 Å². The van der Waals surface area contributed by atoms with Crippen molar-refractivity contribution in [2.45, 2.75) is 26.9 Å². The van der Waals surface area contributed by atoms with Gasteiger partial charge >= 0.3 is 26.2 Å². The van der Waals surface area contributed by atoms with E-state index in [4.69, 9.17) is 0 Å². The molecule has 1 aliphatic rings. The Morgan fingerprint density at radius 3 is 2.21 bits per heavy atom. The van der Waals surface area contributed by atoms with Crippen LogP contribution in [0.25, 0.3) is 11.3 Å². The van der Waals surface area contributed by atoms with E-state index in [2.05, 4.69) is 62.6 Å². The standard InChI is InChI=1S/C14H19Si2.2ClH.Zr/c1-14(2)9-11-7-5-6-8-12(11)13(14)16(3,4)10-15;;;/h5-8,10H,15H2,1-4H3;2*1H;/q-1;;;+3/p-2. The first-order valence-electron chi connectivity index (χ1n) is 5.77. The predicted octanol–water partition coefficient (Wildman–Crippen LogP) is -5.24. The summed E-state index contributed by atoms with van der Waals surface area (Å²) >= 11 is 0. The average molecular weight is 406 g/mol. The van der Waals surface area contributed by atoms with Gasteiger partial charge in [-0.2, -0.15) is 17.4 Å². The van der Waals surface area contributed by atoms with Crippen LogP contribution in [0.2, 0.25) is 13.1 Å². The molecule has 19 heavy (non-hydrogen) atoms. The molecular formula is C14H19Cl2Si2Zr. The van der Waals surface area contributed by atoms with E-state index in [1.807, 2.05) is 9.85 Å². The van der Waals surface area contributed by atoms with Crippen LogP contribution in [-0.2, 0) is 26.2 Å². The quantitative estimate of drug-likeness (QED) is 0.341. The van der Waals surface area contributed by atoms with Crippen LogP contribution in [0.1, 0.15) is 13.8 Å². The molecular weight excluding hydrogens is 386 g/mol. The van der Waals surface area contributed by atoms with Gasteiger partial charge in [0.05, 0.1) is 8.07 Å². The zero-order valence-corrected chi connectivity index (χ0v) is 18.2. The van der Waals surface area contributed by atoms with Gasteiger partial charge in [-0.1, -0.05) is 38.4 Å². The average Bonchev–Trinajstić information content (AvgIpc) is 2.47. The van der Waals surface area contributed by atoms with Crippen molar-refractivity contribution in [3.05, 3.63) is 34.7 Å². The second-order valence-corrected chi connectivity index (χ2v) is 11.2. The fourth-order valence-corrected chi connectivity index (χ4v) is 6.20. The molecule has 0 nitrogen and oxygen atoms in total. The summed E-state index contributed by atoms with van der Waals surface area (Å²) in [5.74, 6) is 0. The molecule has 0 atom stereocenters. The topological polar surface area (TPSA) is 0 Å². The van der Waals surface area contributed by atoms with Gasteiger partial charge in [0.2, 0.25) is 0 Å². The summed E-state index contributed by atoms with van der Waals surface area (Å²) in [5, 5.41) is 6.82. The van der Waals surface area contributed by atoms with Crippen molar-refractivity contribution in [2.75, 3.05) is 0 Å². The van der Waals surface area contributed by atoms with Crippen LogP contribution in [0.5, 0.6) is 0 Å². The van der Waals surface area contributed by atoms with Crippen molar-refractivity contribution in [2.24, 2.45) is 5.41 Å². The Balaban J connectivity index is 0. The van der Waals surface area contributed by atoms with Crippen LogP contribution in [0.3, 0.4) is 0 Å². The smallest absolute Gasteiger partial charge is 1.00 e. The molecule has 0 heterocycles. The summed E-state index contributed by atoms with van der Waals surface area (Å²) in [6, 6.07) is 8.70. The first-order valence-corrected chi connectivity index (χ1v) is 9.67. The zero-order valence-electron chi connectivity index (χ0n) is 11.8. The van der Waals surface area contributed by atoms with E-state index >= 15 is 0 Å². The van der Waals surface area contributed by atoms with Crippen molar-refractivity contribution in [1.29, 1.82) is 0 Å². The second kappa shape index (κ2) is 7.65. The van der Waals surface area contributed by atoms with Crippen LogP contribution >= 0.6 is 0 Å². The third-order valence-corrected chi connectivity index (χ3v) is 9.69. The van der Waals surface area contributed by atoms with E-state index in [0.29, 0.717) is 0 Å². The minimum absolute atomic E-state index is 0. The van der Waals surface area contributed by atoms with Crippen LogP contribution in [-0.4, -0.2) is 23.2 Å². The van der Waals surface area contributed by atoms with E-state index in [1.165, 1.54) is 10.4 Å². The second-order valence-electron chi connectivity index (χ2n) is 5.60. The van der Waals surface area contributed by atoms with Gasteiger partial charge in [-0.25, -0.2) is 0 Å². The molecule has 0 saturated heterocycles. The summed E-state index contributed by atoms with van der Waals surface area (Å²) in [4.78, 5) is 0. The fraction of sp³-hybridized carbons (Fsp3) is 0.357. The first kappa shape index (κ1) is 22.0. The third kappa shape index (κ3) is 4.10. The largest absolute Gasteiger partial charge is 3.00 e. The van der Waals surface area contributed by atoms with Crippen LogP contribution in [0.15, 0.2) is 24.3 Å². The summed E-state index contributed by atoms with van der Waals surface area (Å²) in [6.07, 6.45) is 3.65. The van der Waals surface area contributed by atoms with E-state index in [9.17, 15) is 0 Å². The van der Waals surface area contributed by atoms with Gasteiger partial charge < -0.3 is 24.8 Å². The molecule has 0 amide bonds. The normalized spacial score (nSPS) is 15.1. The molecule has 0 fully saturated rings. The van der Waals surface area contributed by atoms with Crippen molar-refractivity contribution in [1.82, 2.24) is 0 Å². The van der Waals surface area contributed by atoms with Crippen LogP contribution < -0.4 is 35.3 Å². The molecule has 5 heteroatoms. The van der Waals surface area contributed by atoms with E-state index in [-0.39, 0.29) is 56.4 Å². The molecule has 1 aromatic rings. The first-order chi connectivity index (χ1) is 7.38. The van der Waals surface area contributed by atoms with Crippen molar-refractivity contribution in [3.63, 3.8) is 0 Å². The maximum absolute atomic E-state index is 3.65. The van der Waals surface area contributed by atoms with Gasteiger partial charge in [0.15, 0.2) is 0 Å². The molecule has 0 aliphatic heterocycles. The third-order valence-electron chi connectivity index (χ3n) is 3.42. The number of benzene rings is 1. The fourth-order valence-electron chi connectivity index (χ4n) is 2.80. The minimum Gasteiger partial charge on any atom is -1.00 e. The Kier molecular flexibility index (Phi) is 8.87. The van der Waals surface area contributed by atoms with Crippen molar-refractivity contribution in [3.8, 4) is 0 Å². The molecule has 1 aliphatic carbocycles. The number of rotatable bonds is 2. The van der Waals surface area contributed by atoms with Gasteiger partial charge in [-0.3, -0.25) is 0 Å². The monoisotopic (exact) mass is 403 g/mol. The Morgan fingerprint density at radius 1 is 1.16 bits per heavy atom. The van der Waals surface area contributed by atoms with Crippen molar-refractivity contribution >= 4 is 34.5 Å². The molecule has 0 N–H and O–H groups in total. The van der Waals surface area contributed by atoms with Gasteiger partial charge in [0, 0.05) is 0 Å². The Bertz CT molecular complexity index is 565. The van der Waals surface area contributed by atoms with E-state index < -0.39 is 8.07 Å². The van der Waals surface area contributed by atoms with Gasteiger partial charge in [-0.15, -0.1) is 27.8 Å². The summed E-state index contributed by atoms with van der Waals surface area (Å²) in [6.45, 7) is 9.45. The molecule has 101 valence electrons. The minimum atomic E-state index is -1.39. The molecule has 0 saturated carbocycles. The van der Waals surface area contributed by atoms with Gasteiger partial charge in [0.25, 0.3) is 0 Å². The Hall–Kier alpha value is 0.727. The Labute approximate surface area is 151 Å². The molecule has 0 bridgehead atoms. The van der Waals surface area contributed by atoms with Gasteiger partial charge in [0.1, 0.15) is 0 Å². The van der Waals surface area contributed by atoms with E-state index in [1.54, 1.807) is 5.20 Å². The van der Waals surface area contributed by atoms with Gasteiger partial charge in [-0.05, 0) is 9.85 Å². The molecule has 1 aromatic carbocycles. The summed E-state index contributed by atoms with van der Waals surface area (Å²) in [5.41, 5.74) is 0.108. The molecule has 1 radical (unpaired) electrons. The Morgan fingerprint density at radius 2 is 1.68 bits per heavy atom. The summed E-state index contributed by atoms with van der Waals surface area (Å²) < 4.78 is 0. The maximum Gasteiger partial charge on any atom is 3.00 e. The SMILES string of the molecule is CC1(C)[C-]=c2ccccc2=C1[Si](C)(C)C=[SiH2].[Cl-].[Cl-].[Zr+3]. The maximum atomic E-state index is 3.65. The number of fused-ring (bicyclic) bond motifs is 1. The number of halogens is 2. The zero-order chi connectivity index (χ0) is 12.0. The molecule has 2 rings (SSSR count). The molecule has 0 spiro atoms. The number of hydrogen-bond acceptors (Lipinski definition) is 0. The van der Waals surface area contributed by atoms with Crippen molar-refractivity contribution < 1.29 is 51.0 Å². The molecule has 0 unspecified atom stereocenters. The molecule has 0 aromatic heterocycles. The summed E-state index contributed by atoms with van der Waals surface area (Å²) in [7, 11) is 0.613. The van der Waals surface area contributed by atoms with Crippen LogP contribution in [0, 0.1) is 5.41 Å². The van der Waals surface area contributed by atoms with Crippen LogP contribution in [0.4, 0.5) is 0 Å². The number of hydrogen-bond donors (Lipinski definition) is 0. The predicted molar refractivity (Wildman–Crippen MR) is 78.4 cm³/mol.